The minimum Gasteiger partial charge on any atom is -0.269 e. The number of rotatable bonds is 8. The van der Waals surface area contributed by atoms with Crippen molar-refractivity contribution in [3.05, 3.63) is 118 Å². The fraction of sp³-hybridized carbons (Fsp3) is 0.152. The van der Waals surface area contributed by atoms with Gasteiger partial charge < -0.3 is 0 Å². The standard InChI is InChI=1S/C33H27ClN4O2S/c1-3-17-41-27-15-13-23(14-16-27)31-25(21-38(36-31)26-10-5-4-6-11-26)18-28-22(2)29(19-35)33(40)37(32(28)39)20-24-9-7-8-12-30(24)34/h4-16,18,21H,3,17,20H2,1-2H3/b28-18+. The quantitative estimate of drug-likeness (QED) is 0.123. The molecule has 5 rings (SSSR count). The Morgan fingerprint density at radius 1 is 0.976 bits per heavy atom. The van der Waals surface area contributed by atoms with E-state index in [-0.39, 0.29) is 17.7 Å². The van der Waals surface area contributed by atoms with Gasteiger partial charge in [-0.2, -0.15) is 10.4 Å². The van der Waals surface area contributed by atoms with Crippen molar-refractivity contribution in [2.24, 2.45) is 0 Å². The van der Waals surface area contributed by atoms with Crippen molar-refractivity contribution in [2.75, 3.05) is 5.75 Å². The minimum atomic E-state index is -0.632. The van der Waals surface area contributed by atoms with Gasteiger partial charge in [-0.1, -0.05) is 67.1 Å². The van der Waals surface area contributed by atoms with E-state index >= 15 is 0 Å². The number of nitriles is 1. The third-order valence-electron chi connectivity index (χ3n) is 6.78. The molecule has 0 saturated carbocycles. The first-order chi connectivity index (χ1) is 19.9. The zero-order valence-electron chi connectivity index (χ0n) is 22.7. The molecule has 0 aliphatic carbocycles. The van der Waals surface area contributed by atoms with Gasteiger partial charge in [0, 0.05) is 32.8 Å². The van der Waals surface area contributed by atoms with Crippen LogP contribution in [0.15, 0.2) is 107 Å². The number of carbonyl (C=O) groups excluding carboxylic acids is 2. The molecule has 0 spiro atoms. The number of carbonyl (C=O) groups is 2. The molecule has 6 nitrogen and oxygen atoms in total. The van der Waals surface area contributed by atoms with Gasteiger partial charge in [0.05, 0.1) is 17.9 Å². The molecule has 0 bridgehead atoms. The van der Waals surface area contributed by atoms with Crippen LogP contribution in [0.2, 0.25) is 5.02 Å². The average Bonchev–Trinajstić information content (AvgIpc) is 3.42. The predicted molar refractivity (Wildman–Crippen MR) is 163 cm³/mol. The summed E-state index contributed by atoms with van der Waals surface area (Å²) in [5, 5.41) is 15.2. The number of para-hydroxylation sites is 1. The summed E-state index contributed by atoms with van der Waals surface area (Å²) in [5.41, 5.74) is 4.27. The molecule has 0 N–H and O–H groups in total. The lowest BCUT2D eigenvalue weighted by Gasteiger charge is -2.27. The summed E-state index contributed by atoms with van der Waals surface area (Å²) >= 11 is 8.14. The van der Waals surface area contributed by atoms with Crippen LogP contribution in [-0.4, -0.2) is 32.2 Å². The first kappa shape index (κ1) is 28.2. The maximum Gasteiger partial charge on any atom is 0.271 e. The van der Waals surface area contributed by atoms with Gasteiger partial charge in [-0.3, -0.25) is 14.5 Å². The van der Waals surface area contributed by atoms with Crippen LogP contribution in [0, 0.1) is 11.3 Å². The Bertz CT molecular complexity index is 1720. The Morgan fingerprint density at radius 3 is 2.37 bits per heavy atom. The van der Waals surface area contributed by atoms with Crippen LogP contribution in [0.4, 0.5) is 0 Å². The minimum absolute atomic E-state index is 0.0415. The second-order valence-corrected chi connectivity index (χ2v) is 11.1. The molecular weight excluding hydrogens is 552 g/mol. The van der Waals surface area contributed by atoms with Gasteiger partial charge >= 0.3 is 0 Å². The Kier molecular flexibility index (Phi) is 8.53. The van der Waals surface area contributed by atoms with Crippen LogP contribution in [0.25, 0.3) is 23.0 Å². The summed E-state index contributed by atoms with van der Waals surface area (Å²) in [5.74, 6) is -0.0823. The Hall–Kier alpha value is -4.38. The smallest absolute Gasteiger partial charge is 0.269 e. The average molecular weight is 579 g/mol. The molecule has 2 heterocycles. The molecule has 4 aromatic rings. The van der Waals surface area contributed by atoms with E-state index in [1.54, 1.807) is 53.7 Å². The molecule has 0 unspecified atom stereocenters. The maximum atomic E-state index is 13.8. The molecule has 41 heavy (non-hydrogen) atoms. The van der Waals surface area contributed by atoms with Gasteiger partial charge in [-0.15, -0.1) is 11.8 Å². The van der Waals surface area contributed by atoms with Crippen LogP contribution in [-0.2, 0) is 16.1 Å². The number of hydrogen-bond donors (Lipinski definition) is 0. The lowest BCUT2D eigenvalue weighted by molar-refractivity contribution is -0.141. The van der Waals surface area contributed by atoms with Crippen LogP contribution in [0.3, 0.4) is 0 Å². The molecule has 0 fully saturated rings. The first-order valence-electron chi connectivity index (χ1n) is 13.2. The van der Waals surface area contributed by atoms with Crippen LogP contribution in [0.5, 0.6) is 0 Å². The van der Waals surface area contributed by atoms with E-state index in [0.717, 1.165) is 28.3 Å². The van der Waals surface area contributed by atoms with Crippen molar-refractivity contribution >= 4 is 41.3 Å². The number of aromatic nitrogens is 2. The highest BCUT2D eigenvalue weighted by atomic mass is 35.5. The fourth-order valence-electron chi connectivity index (χ4n) is 4.58. The molecule has 1 aromatic heterocycles. The van der Waals surface area contributed by atoms with Gasteiger partial charge in [0.1, 0.15) is 11.6 Å². The number of amides is 2. The second kappa shape index (κ2) is 12.4. The number of imide groups is 1. The molecule has 0 radical (unpaired) electrons. The summed E-state index contributed by atoms with van der Waals surface area (Å²) in [6.45, 7) is 3.75. The SMILES string of the molecule is CCCSc1ccc(-c2nn(-c3ccccc3)cc2/C=C2/C(=O)N(Cc3ccccc3Cl)C(=O)C(C#N)=C2C)cc1. The normalized spacial score (nSPS) is 14.6. The molecule has 2 amide bonds. The zero-order chi connectivity index (χ0) is 28.9. The third kappa shape index (κ3) is 5.90. The molecular formula is C33H27ClN4O2S. The molecule has 8 heteroatoms. The summed E-state index contributed by atoms with van der Waals surface area (Å²) < 4.78 is 1.77. The second-order valence-electron chi connectivity index (χ2n) is 9.54. The lowest BCUT2D eigenvalue weighted by atomic mass is 9.93. The highest BCUT2D eigenvalue weighted by molar-refractivity contribution is 7.99. The lowest BCUT2D eigenvalue weighted by Crippen LogP contribution is -2.42. The molecule has 1 aliphatic heterocycles. The number of hydrogen-bond acceptors (Lipinski definition) is 5. The van der Waals surface area contributed by atoms with Gasteiger partial charge in [0.25, 0.3) is 11.8 Å². The van der Waals surface area contributed by atoms with Crippen molar-refractivity contribution in [2.45, 2.75) is 31.7 Å². The summed E-state index contributed by atoms with van der Waals surface area (Å²) in [6, 6.07) is 26.9. The van der Waals surface area contributed by atoms with Crippen LogP contribution >= 0.6 is 23.4 Å². The largest absolute Gasteiger partial charge is 0.271 e. The zero-order valence-corrected chi connectivity index (χ0v) is 24.2. The van der Waals surface area contributed by atoms with Crippen LogP contribution < -0.4 is 0 Å². The van der Waals surface area contributed by atoms with Crippen molar-refractivity contribution in [1.82, 2.24) is 14.7 Å². The third-order valence-corrected chi connectivity index (χ3v) is 8.36. The highest BCUT2D eigenvalue weighted by Crippen LogP contribution is 2.33. The fourth-order valence-corrected chi connectivity index (χ4v) is 5.55. The summed E-state index contributed by atoms with van der Waals surface area (Å²) in [6.07, 6.45) is 4.68. The monoisotopic (exact) mass is 578 g/mol. The molecule has 1 aliphatic rings. The van der Waals surface area contributed by atoms with E-state index in [4.69, 9.17) is 16.7 Å². The predicted octanol–water partition coefficient (Wildman–Crippen LogP) is 7.49. The van der Waals surface area contributed by atoms with Crippen molar-refractivity contribution in [1.29, 1.82) is 5.26 Å². The molecule has 3 aromatic carbocycles. The Morgan fingerprint density at radius 2 is 1.68 bits per heavy atom. The summed E-state index contributed by atoms with van der Waals surface area (Å²) in [4.78, 5) is 29.3. The molecule has 0 atom stereocenters. The highest BCUT2D eigenvalue weighted by Gasteiger charge is 2.36. The van der Waals surface area contributed by atoms with Crippen LogP contribution in [0.1, 0.15) is 31.4 Å². The summed E-state index contributed by atoms with van der Waals surface area (Å²) in [7, 11) is 0. The van der Waals surface area contributed by atoms with Gasteiger partial charge in [0.2, 0.25) is 0 Å². The van der Waals surface area contributed by atoms with Crippen molar-refractivity contribution in [3.8, 4) is 23.0 Å². The van der Waals surface area contributed by atoms with E-state index < -0.39 is 11.8 Å². The van der Waals surface area contributed by atoms with E-state index in [1.165, 1.54) is 4.90 Å². The number of thioether (sulfide) groups is 1. The maximum absolute atomic E-state index is 13.8. The van der Waals surface area contributed by atoms with E-state index in [2.05, 4.69) is 19.1 Å². The number of benzene rings is 3. The molecule has 0 saturated heterocycles. The van der Waals surface area contributed by atoms with E-state index in [0.29, 0.717) is 27.4 Å². The van der Waals surface area contributed by atoms with Gasteiger partial charge in [-0.25, -0.2) is 4.68 Å². The molecule has 204 valence electrons. The van der Waals surface area contributed by atoms with Crippen molar-refractivity contribution < 1.29 is 9.59 Å². The van der Waals surface area contributed by atoms with E-state index in [9.17, 15) is 14.9 Å². The van der Waals surface area contributed by atoms with Gasteiger partial charge in [0.15, 0.2) is 0 Å². The number of halogens is 1. The van der Waals surface area contributed by atoms with Crippen molar-refractivity contribution in [3.63, 3.8) is 0 Å². The number of nitrogens with zero attached hydrogens (tertiary/aromatic N) is 4. The Labute approximate surface area is 248 Å². The van der Waals surface area contributed by atoms with E-state index in [1.807, 2.05) is 54.7 Å². The Balaban J connectivity index is 1.62. The van der Waals surface area contributed by atoms with Gasteiger partial charge in [-0.05, 0) is 66.6 Å². The topological polar surface area (TPSA) is 79.0 Å². The first-order valence-corrected chi connectivity index (χ1v) is 14.6.